The van der Waals surface area contributed by atoms with Crippen molar-refractivity contribution in [3.8, 4) is 0 Å². The Labute approximate surface area is 119 Å². The van der Waals surface area contributed by atoms with Crippen LogP contribution >= 0.6 is 23.6 Å². The van der Waals surface area contributed by atoms with Crippen molar-refractivity contribution in [1.29, 1.82) is 0 Å². The van der Waals surface area contributed by atoms with Gasteiger partial charge in [0.2, 0.25) is 0 Å². The van der Waals surface area contributed by atoms with Crippen LogP contribution in [0, 0.1) is 0 Å². The van der Waals surface area contributed by atoms with E-state index < -0.39 is 0 Å². The first-order chi connectivity index (χ1) is 8.45. The van der Waals surface area contributed by atoms with Crippen LogP contribution in [0.15, 0.2) is 17.5 Å². The van der Waals surface area contributed by atoms with Gasteiger partial charge in [0, 0.05) is 30.0 Å². The second kappa shape index (κ2) is 7.07. The van der Waals surface area contributed by atoms with Gasteiger partial charge in [-0.1, -0.05) is 19.9 Å². The van der Waals surface area contributed by atoms with Crippen molar-refractivity contribution < 1.29 is 4.74 Å². The van der Waals surface area contributed by atoms with E-state index in [1.54, 1.807) is 18.4 Å². The lowest BCUT2D eigenvalue weighted by molar-refractivity contribution is 0.179. The van der Waals surface area contributed by atoms with Crippen molar-refractivity contribution in [2.24, 2.45) is 0 Å². The van der Waals surface area contributed by atoms with Gasteiger partial charge in [-0.15, -0.1) is 11.3 Å². The largest absolute Gasteiger partial charge is 0.383 e. The normalized spacial score (nSPS) is 13.1. The molecule has 0 aliphatic heterocycles. The number of hydrogen-bond acceptors (Lipinski definition) is 3. The first-order valence-corrected chi connectivity index (χ1v) is 7.32. The molecule has 102 valence electrons. The van der Waals surface area contributed by atoms with Crippen LogP contribution in [-0.4, -0.2) is 31.4 Å². The SMILES string of the molecule is COCC(C)NC(=S)NCC(C)(C)c1cccs1. The molecule has 18 heavy (non-hydrogen) atoms. The highest BCUT2D eigenvalue weighted by Gasteiger charge is 2.21. The van der Waals surface area contributed by atoms with Crippen molar-refractivity contribution in [3.63, 3.8) is 0 Å². The Morgan fingerprint density at radius 2 is 2.28 bits per heavy atom. The molecule has 3 nitrogen and oxygen atoms in total. The van der Waals surface area contributed by atoms with Crippen molar-refractivity contribution >= 4 is 28.7 Å². The van der Waals surface area contributed by atoms with E-state index in [4.69, 9.17) is 17.0 Å². The van der Waals surface area contributed by atoms with Gasteiger partial charge in [0.15, 0.2) is 5.11 Å². The molecular weight excluding hydrogens is 264 g/mol. The quantitative estimate of drug-likeness (QED) is 0.787. The van der Waals surface area contributed by atoms with Crippen molar-refractivity contribution in [2.45, 2.75) is 32.2 Å². The monoisotopic (exact) mass is 286 g/mol. The van der Waals surface area contributed by atoms with Crippen molar-refractivity contribution in [2.75, 3.05) is 20.3 Å². The van der Waals surface area contributed by atoms with E-state index in [0.29, 0.717) is 11.7 Å². The van der Waals surface area contributed by atoms with Gasteiger partial charge in [0.05, 0.1) is 6.61 Å². The topological polar surface area (TPSA) is 33.3 Å². The maximum absolute atomic E-state index is 5.27. The summed E-state index contributed by atoms with van der Waals surface area (Å²) >= 11 is 7.05. The third-order valence-electron chi connectivity index (χ3n) is 2.67. The van der Waals surface area contributed by atoms with Gasteiger partial charge >= 0.3 is 0 Å². The summed E-state index contributed by atoms with van der Waals surface area (Å²) in [5.74, 6) is 0. The maximum Gasteiger partial charge on any atom is 0.166 e. The molecule has 0 spiro atoms. The van der Waals surface area contributed by atoms with Gasteiger partial charge in [0.25, 0.3) is 0 Å². The summed E-state index contributed by atoms with van der Waals surface area (Å²) in [6.07, 6.45) is 0. The molecule has 0 aromatic carbocycles. The molecule has 0 bridgehead atoms. The lowest BCUT2D eigenvalue weighted by atomic mass is 9.91. The summed E-state index contributed by atoms with van der Waals surface area (Å²) < 4.78 is 5.06. The Balaban J connectivity index is 2.38. The Morgan fingerprint density at radius 1 is 1.56 bits per heavy atom. The second-order valence-corrected chi connectivity index (χ2v) is 6.40. The molecule has 0 saturated heterocycles. The summed E-state index contributed by atoms with van der Waals surface area (Å²) in [5, 5.41) is 9.26. The van der Waals surface area contributed by atoms with Gasteiger partial charge < -0.3 is 15.4 Å². The highest BCUT2D eigenvalue weighted by atomic mass is 32.1. The molecule has 0 saturated carbocycles. The molecule has 5 heteroatoms. The zero-order valence-corrected chi connectivity index (χ0v) is 13.1. The van der Waals surface area contributed by atoms with Crippen LogP contribution in [0.2, 0.25) is 0 Å². The summed E-state index contributed by atoms with van der Waals surface area (Å²) in [7, 11) is 1.69. The summed E-state index contributed by atoms with van der Waals surface area (Å²) in [4.78, 5) is 1.36. The molecule has 1 aromatic heterocycles. The van der Waals surface area contributed by atoms with Crippen LogP contribution in [0.25, 0.3) is 0 Å². The maximum atomic E-state index is 5.27. The fourth-order valence-corrected chi connectivity index (χ4v) is 2.74. The second-order valence-electron chi connectivity index (χ2n) is 5.04. The zero-order valence-electron chi connectivity index (χ0n) is 11.4. The fraction of sp³-hybridized carbons (Fsp3) is 0.615. The lowest BCUT2D eigenvalue weighted by Crippen LogP contribution is -2.46. The molecule has 1 aromatic rings. The zero-order chi connectivity index (χ0) is 13.6. The number of rotatable bonds is 6. The van der Waals surface area contributed by atoms with E-state index in [0.717, 1.165) is 6.54 Å². The molecule has 2 N–H and O–H groups in total. The lowest BCUT2D eigenvalue weighted by Gasteiger charge is -2.25. The molecule has 1 rings (SSSR count). The van der Waals surface area contributed by atoms with Crippen LogP contribution in [0.1, 0.15) is 25.6 Å². The molecule has 1 heterocycles. The average Bonchev–Trinajstić information content (AvgIpc) is 2.81. The summed E-state index contributed by atoms with van der Waals surface area (Å²) in [6, 6.07) is 4.47. The summed E-state index contributed by atoms with van der Waals surface area (Å²) in [5.41, 5.74) is 0.0877. The molecule has 0 aliphatic rings. The molecule has 1 atom stereocenters. The van der Waals surface area contributed by atoms with Crippen LogP contribution < -0.4 is 10.6 Å². The fourth-order valence-electron chi connectivity index (χ4n) is 1.62. The number of hydrogen-bond donors (Lipinski definition) is 2. The Morgan fingerprint density at radius 3 is 2.83 bits per heavy atom. The third-order valence-corrected chi connectivity index (χ3v) is 4.17. The van der Waals surface area contributed by atoms with Gasteiger partial charge in [-0.25, -0.2) is 0 Å². The summed E-state index contributed by atoms with van der Waals surface area (Å²) in [6.45, 7) is 7.94. The molecular formula is C13H22N2OS2. The number of thiophene rings is 1. The minimum absolute atomic E-state index is 0.0877. The van der Waals surface area contributed by atoms with Crippen LogP contribution in [0.5, 0.6) is 0 Å². The highest BCUT2D eigenvalue weighted by molar-refractivity contribution is 7.80. The first-order valence-electron chi connectivity index (χ1n) is 6.03. The van der Waals surface area contributed by atoms with E-state index in [1.165, 1.54) is 4.88 Å². The first kappa shape index (κ1) is 15.4. The average molecular weight is 286 g/mol. The molecule has 1 unspecified atom stereocenters. The van der Waals surface area contributed by atoms with Crippen molar-refractivity contribution in [3.05, 3.63) is 22.4 Å². The van der Waals surface area contributed by atoms with Crippen molar-refractivity contribution in [1.82, 2.24) is 10.6 Å². The van der Waals surface area contributed by atoms with E-state index in [-0.39, 0.29) is 11.5 Å². The Kier molecular flexibility index (Phi) is 6.05. The van der Waals surface area contributed by atoms with Crippen LogP contribution in [0.3, 0.4) is 0 Å². The number of nitrogens with one attached hydrogen (secondary N) is 2. The van der Waals surface area contributed by atoms with E-state index in [1.807, 2.05) is 6.92 Å². The number of methoxy groups -OCH3 is 1. The Hall–Kier alpha value is -0.650. The van der Waals surface area contributed by atoms with Gasteiger partial charge in [-0.05, 0) is 30.6 Å². The minimum Gasteiger partial charge on any atom is -0.383 e. The van der Waals surface area contributed by atoms with Crippen LogP contribution in [-0.2, 0) is 10.2 Å². The van der Waals surface area contributed by atoms with Gasteiger partial charge in [0.1, 0.15) is 0 Å². The molecule has 0 aliphatic carbocycles. The van der Waals surface area contributed by atoms with E-state index >= 15 is 0 Å². The molecule has 0 fully saturated rings. The smallest absolute Gasteiger partial charge is 0.166 e. The van der Waals surface area contributed by atoms with Gasteiger partial charge in [-0.2, -0.15) is 0 Å². The standard InChI is InChI=1S/C13H22N2OS2/c1-10(8-16-4)15-12(17)14-9-13(2,3)11-6-5-7-18-11/h5-7,10H,8-9H2,1-4H3,(H2,14,15,17). The highest BCUT2D eigenvalue weighted by Crippen LogP contribution is 2.26. The predicted molar refractivity (Wildman–Crippen MR) is 82.4 cm³/mol. The number of ether oxygens (including phenoxy) is 1. The van der Waals surface area contributed by atoms with Crippen LogP contribution in [0.4, 0.5) is 0 Å². The number of thiocarbonyl (C=S) groups is 1. The molecule has 0 amide bonds. The predicted octanol–water partition coefficient (Wildman–Crippen LogP) is 2.52. The van der Waals surface area contributed by atoms with E-state index in [9.17, 15) is 0 Å². The Bertz CT molecular complexity index is 363. The van der Waals surface area contributed by atoms with Gasteiger partial charge in [-0.3, -0.25) is 0 Å². The third kappa shape index (κ3) is 4.92. The van der Waals surface area contributed by atoms with E-state index in [2.05, 4.69) is 42.0 Å². The molecule has 0 radical (unpaired) electrons. The minimum atomic E-state index is 0.0877.